The minimum absolute atomic E-state index is 0.162. The minimum Gasteiger partial charge on any atom is -0.472 e. The fourth-order valence-electron chi connectivity index (χ4n) is 2.91. The third-order valence-corrected chi connectivity index (χ3v) is 4.48. The van der Waals surface area contributed by atoms with Gasteiger partial charge in [0, 0.05) is 36.4 Å². The first-order valence-electron chi connectivity index (χ1n) is 9.09. The standard InChI is InChI=1S/C21H20N4O3/c26-20(16-8-10-28-14-16)23-17-4-1-5-18(11-17)24-21(27)25(19-6-7-19)13-15-3-2-9-22-12-15/h1-5,8-12,14,19H,6-7,13H2,(H,23,26)(H,24,27). The normalized spacial score (nSPS) is 13.0. The Balaban J connectivity index is 1.42. The zero-order chi connectivity index (χ0) is 19.3. The number of pyridine rings is 1. The molecule has 0 radical (unpaired) electrons. The largest absolute Gasteiger partial charge is 0.472 e. The molecule has 2 aromatic heterocycles. The van der Waals surface area contributed by atoms with Gasteiger partial charge in [-0.3, -0.25) is 9.78 Å². The summed E-state index contributed by atoms with van der Waals surface area (Å²) in [5, 5.41) is 5.72. The lowest BCUT2D eigenvalue weighted by molar-refractivity contribution is 0.102. The van der Waals surface area contributed by atoms with E-state index in [0.29, 0.717) is 23.5 Å². The molecule has 142 valence electrons. The van der Waals surface area contributed by atoms with Gasteiger partial charge in [0.15, 0.2) is 0 Å². The van der Waals surface area contributed by atoms with Crippen molar-refractivity contribution >= 4 is 23.3 Å². The van der Waals surface area contributed by atoms with E-state index in [-0.39, 0.29) is 18.0 Å². The quantitative estimate of drug-likeness (QED) is 0.677. The first kappa shape index (κ1) is 17.8. The number of carbonyl (C=O) groups is 2. The molecular formula is C21H20N4O3. The van der Waals surface area contributed by atoms with E-state index < -0.39 is 0 Å². The molecule has 0 spiro atoms. The van der Waals surface area contributed by atoms with E-state index in [1.54, 1.807) is 42.7 Å². The summed E-state index contributed by atoms with van der Waals surface area (Å²) in [6, 6.07) is 12.6. The Morgan fingerprint density at radius 3 is 2.61 bits per heavy atom. The number of amides is 3. The molecule has 1 aliphatic rings. The number of nitrogens with one attached hydrogen (secondary N) is 2. The highest BCUT2D eigenvalue weighted by Gasteiger charge is 2.32. The molecule has 0 bridgehead atoms. The maximum atomic E-state index is 12.8. The van der Waals surface area contributed by atoms with Crippen LogP contribution in [0.2, 0.25) is 0 Å². The molecule has 1 aromatic carbocycles. The van der Waals surface area contributed by atoms with Crippen molar-refractivity contribution in [3.05, 3.63) is 78.5 Å². The molecule has 0 atom stereocenters. The Bertz CT molecular complexity index is 953. The maximum absolute atomic E-state index is 12.8. The van der Waals surface area contributed by atoms with Crippen LogP contribution in [0.3, 0.4) is 0 Å². The van der Waals surface area contributed by atoms with Crippen molar-refractivity contribution in [2.75, 3.05) is 10.6 Å². The van der Waals surface area contributed by atoms with Gasteiger partial charge in [-0.1, -0.05) is 12.1 Å². The van der Waals surface area contributed by atoms with Crippen molar-refractivity contribution < 1.29 is 14.0 Å². The number of benzene rings is 1. The van der Waals surface area contributed by atoms with Gasteiger partial charge in [0.25, 0.3) is 5.91 Å². The van der Waals surface area contributed by atoms with Crippen molar-refractivity contribution in [3.63, 3.8) is 0 Å². The summed E-state index contributed by atoms with van der Waals surface area (Å²) < 4.78 is 4.93. The van der Waals surface area contributed by atoms with Crippen LogP contribution in [0.5, 0.6) is 0 Å². The van der Waals surface area contributed by atoms with Gasteiger partial charge < -0.3 is 20.0 Å². The summed E-state index contributed by atoms with van der Waals surface area (Å²) in [5.41, 5.74) is 2.64. The van der Waals surface area contributed by atoms with Crippen LogP contribution in [0.4, 0.5) is 16.2 Å². The van der Waals surface area contributed by atoms with Gasteiger partial charge in [-0.25, -0.2) is 4.79 Å². The third-order valence-electron chi connectivity index (χ3n) is 4.48. The number of anilines is 2. The van der Waals surface area contributed by atoms with Crippen molar-refractivity contribution in [1.29, 1.82) is 0 Å². The molecule has 1 saturated carbocycles. The lowest BCUT2D eigenvalue weighted by Crippen LogP contribution is -2.36. The monoisotopic (exact) mass is 376 g/mol. The van der Waals surface area contributed by atoms with E-state index in [0.717, 1.165) is 18.4 Å². The van der Waals surface area contributed by atoms with Crippen LogP contribution in [0.1, 0.15) is 28.8 Å². The van der Waals surface area contributed by atoms with Crippen LogP contribution in [0.25, 0.3) is 0 Å². The number of hydrogen-bond acceptors (Lipinski definition) is 4. The van der Waals surface area contributed by atoms with Crippen molar-refractivity contribution in [2.45, 2.75) is 25.4 Å². The second-order valence-corrected chi connectivity index (χ2v) is 6.70. The fraction of sp³-hybridized carbons (Fsp3) is 0.190. The summed E-state index contributed by atoms with van der Waals surface area (Å²) in [7, 11) is 0. The average Bonchev–Trinajstić information content (AvgIpc) is 3.39. The number of aromatic nitrogens is 1. The Morgan fingerprint density at radius 1 is 1.11 bits per heavy atom. The van der Waals surface area contributed by atoms with E-state index in [1.165, 1.54) is 12.5 Å². The molecule has 1 fully saturated rings. The van der Waals surface area contributed by atoms with Gasteiger partial charge in [-0.15, -0.1) is 0 Å². The zero-order valence-corrected chi connectivity index (χ0v) is 15.2. The molecule has 0 saturated heterocycles. The van der Waals surface area contributed by atoms with Crippen LogP contribution >= 0.6 is 0 Å². The second-order valence-electron chi connectivity index (χ2n) is 6.70. The van der Waals surface area contributed by atoms with Crippen LogP contribution in [0, 0.1) is 0 Å². The molecule has 3 amide bonds. The molecular weight excluding hydrogens is 356 g/mol. The zero-order valence-electron chi connectivity index (χ0n) is 15.2. The molecule has 2 heterocycles. The Hall–Kier alpha value is -3.61. The van der Waals surface area contributed by atoms with Crippen LogP contribution in [-0.4, -0.2) is 27.9 Å². The summed E-state index contributed by atoms with van der Waals surface area (Å²) in [5.74, 6) is -0.270. The SMILES string of the molecule is O=C(Nc1cccc(NC(=O)N(Cc2cccnc2)C2CC2)c1)c1ccoc1. The van der Waals surface area contributed by atoms with Crippen LogP contribution in [-0.2, 0) is 6.54 Å². The van der Waals surface area contributed by atoms with E-state index in [4.69, 9.17) is 4.42 Å². The summed E-state index contributed by atoms with van der Waals surface area (Å²) >= 11 is 0. The van der Waals surface area contributed by atoms with E-state index in [1.807, 2.05) is 17.0 Å². The number of rotatable bonds is 6. The third kappa shape index (κ3) is 4.37. The van der Waals surface area contributed by atoms with Gasteiger partial charge in [-0.2, -0.15) is 0 Å². The lowest BCUT2D eigenvalue weighted by atomic mass is 10.2. The molecule has 7 nitrogen and oxygen atoms in total. The van der Waals surface area contributed by atoms with E-state index in [2.05, 4.69) is 15.6 Å². The Labute approximate surface area is 162 Å². The highest BCUT2D eigenvalue weighted by molar-refractivity contribution is 6.04. The Morgan fingerprint density at radius 2 is 1.93 bits per heavy atom. The maximum Gasteiger partial charge on any atom is 0.322 e. The highest BCUT2D eigenvalue weighted by Crippen LogP contribution is 2.29. The molecule has 7 heteroatoms. The lowest BCUT2D eigenvalue weighted by Gasteiger charge is -2.23. The number of nitrogens with zero attached hydrogens (tertiary/aromatic N) is 2. The number of hydrogen-bond donors (Lipinski definition) is 2. The minimum atomic E-state index is -0.270. The summed E-state index contributed by atoms with van der Waals surface area (Å²) in [4.78, 5) is 30.9. The average molecular weight is 376 g/mol. The number of carbonyl (C=O) groups excluding carboxylic acids is 2. The smallest absolute Gasteiger partial charge is 0.322 e. The Kier molecular flexibility index (Phi) is 5.05. The molecule has 4 rings (SSSR count). The fourth-order valence-corrected chi connectivity index (χ4v) is 2.91. The van der Waals surface area contributed by atoms with E-state index in [9.17, 15) is 9.59 Å². The first-order chi connectivity index (χ1) is 13.7. The summed E-state index contributed by atoms with van der Waals surface area (Å²) in [6.45, 7) is 0.515. The van der Waals surface area contributed by atoms with Gasteiger partial charge >= 0.3 is 6.03 Å². The molecule has 3 aromatic rings. The first-order valence-corrected chi connectivity index (χ1v) is 9.09. The molecule has 1 aliphatic carbocycles. The van der Waals surface area contributed by atoms with Crippen LogP contribution in [0.15, 0.2) is 71.8 Å². The van der Waals surface area contributed by atoms with Gasteiger partial charge in [0.05, 0.1) is 11.8 Å². The second kappa shape index (κ2) is 7.96. The van der Waals surface area contributed by atoms with Crippen molar-refractivity contribution in [2.24, 2.45) is 0 Å². The van der Waals surface area contributed by atoms with Gasteiger partial charge in [-0.05, 0) is 48.7 Å². The number of furan rings is 1. The van der Waals surface area contributed by atoms with Gasteiger partial charge in [0.2, 0.25) is 0 Å². The predicted molar refractivity (Wildman–Crippen MR) is 105 cm³/mol. The molecule has 0 aliphatic heterocycles. The van der Waals surface area contributed by atoms with Crippen molar-refractivity contribution in [1.82, 2.24) is 9.88 Å². The van der Waals surface area contributed by atoms with E-state index >= 15 is 0 Å². The summed E-state index contributed by atoms with van der Waals surface area (Å²) in [6.07, 6.45) is 8.33. The molecule has 2 N–H and O–H groups in total. The van der Waals surface area contributed by atoms with Gasteiger partial charge in [0.1, 0.15) is 6.26 Å². The highest BCUT2D eigenvalue weighted by atomic mass is 16.3. The topological polar surface area (TPSA) is 87.5 Å². The number of urea groups is 1. The molecule has 28 heavy (non-hydrogen) atoms. The van der Waals surface area contributed by atoms with Crippen LogP contribution < -0.4 is 10.6 Å². The molecule has 0 unspecified atom stereocenters. The van der Waals surface area contributed by atoms with Crippen molar-refractivity contribution in [3.8, 4) is 0 Å². The predicted octanol–water partition coefficient (Wildman–Crippen LogP) is 4.12.